The van der Waals surface area contributed by atoms with E-state index >= 15 is 0 Å². The summed E-state index contributed by atoms with van der Waals surface area (Å²) in [5, 5.41) is 18.3. The Bertz CT molecular complexity index is 613. The van der Waals surface area contributed by atoms with Crippen LogP contribution in [-0.4, -0.2) is 33.1 Å². The second-order valence-corrected chi connectivity index (χ2v) is 7.29. The van der Waals surface area contributed by atoms with E-state index in [1.165, 1.54) is 23.1 Å². The number of unbranched alkanes of at least 4 members (excludes halogenated alkanes) is 1. The number of thioether (sulfide) groups is 1. The molecule has 1 atom stereocenters. The van der Waals surface area contributed by atoms with E-state index in [9.17, 15) is 4.79 Å². The van der Waals surface area contributed by atoms with Crippen LogP contribution in [0.4, 0.5) is 10.9 Å². The molecular weight excluding hydrogens is 322 g/mol. The summed E-state index contributed by atoms with van der Waals surface area (Å²) >= 11 is 2.83. The lowest BCUT2D eigenvalue weighted by molar-refractivity contribution is -0.115. The highest BCUT2D eigenvalue weighted by Gasteiger charge is 2.18. The number of nitrogens with one attached hydrogen (secondary N) is 2. The molecule has 7 nitrogen and oxygen atoms in total. The average Bonchev–Trinajstić information content (AvgIpc) is 3.08. The second-order valence-electron chi connectivity index (χ2n) is 4.73. The van der Waals surface area contributed by atoms with E-state index in [-0.39, 0.29) is 11.2 Å². The molecule has 0 saturated heterocycles. The zero-order valence-corrected chi connectivity index (χ0v) is 14.4. The van der Waals surface area contributed by atoms with Crippen LogP contribution in [-0.2, 0) is 4.79 Å². The van der Waals surface area contributed by atoms with Crippen molar-refractivity contribution in [2.75, 3.05) is 17.2 Å². The molecule has 0 aromatic carbocycles. The molecule has 120 valence electrons. The number of amides is 1. The first-order valence-electron chi connectivity index (χ1n) is 7.06. The van der Waals surface area contributed by atoms with Gasteiger partial charge in [0.05, 0.1) is 5.25 Å². The summed E-state index contributed by atoms with van der Waals surface area (Å²) in [6.07, 6.45) is 2.23. The number of rotatable bonds is 8. The Hall–Kier alpha value is -1.61. The molecule has 2 heterocycles. The number of anilines is 2. The number of aromatic nitrogens is 3. The zero-order chi connectivity index (χ0) is 15.9. The molecule has 0 fully saturated rings. The standard InChI is InChI=1S/C13H19N5O2S2/c1-4-5-6-14-12-16-17-13(22-12)21-9(3)11(19)15-10-7-8(2)20-18-10/h7,9H,4-6H2,1-3H3,(H,14,16)(H,15,18,19). The summed E-state index contributed by atoms with van der Waals surface area (Å²) in [4.78, 5) is 12.1. The van der Waals surface area contributed by atoms with Gasteiger partial charge in [-0.05, 0) is 20.3 Å². The number of hydrogen-bond acceptors (Lipinski definition) is 8. The van der Waals surface area contributed by atoms with Gasteiger partial charge in [-0.3, -0.25) is 4.79 Å². The molecule has 2 aromatic rings. The van der Waals surface area contributed by atoms with Crippen LogP contribution < -0.4 is 10.6 Å². The highest BCUT2D eigenvalue weighted by Crippen LogP contribution is 2.29. The summed E-state index contributed by atoms with van der Waals surface area (Å²) < 4.78 is 5.68. The Morgan fingerprint density at radius 3 is 3.00 bits per heavy atom. The maximum Gasteiger partial charge on any atom is 0.238 e. The van der Waals surface area contributed by atoms with Gasteiger partial charge in [0, 0.05) is 12.6 Å². The molecule has 1 amide bonds. The minimum absolute atomic E-state index is 0.144. The molecule has 2 N–H and O–H groups in total. The van der Waals surface area contributed by atoms with E-state index in [1.807, 2.05) is 6.92 Å². The topological polar surface area (TPSA) is 92.9 Å². The number of hydrogen-bond donors (Lipinski definition) is 2. The van der Waals surface area contributed by atoms with Gasteiger partial charge in [-0.25, -0.2) is 0 Å². The summed E-state index contributed by atoms with van der Waals surface area (Å²) in [7, 11) is 0. The van der Waals surface area contributed by atoms with Gasteiger partial charge in [0.2, 0.25) is 11.0 Å². The normalized spacial score (nSPS) is 12.1. The van der Waals surface area contributed by atoms with Gasteiger partial charge in [0.15, 0.2) is 10.2 Å². The van der Waals surface area contributed by atoms with Crippen molar-refractivity contribution in [2.45, 2.75) is 43.2 Å². The SMILES string of the molecule is CCCCNc1nnc(SC(C)C(=O)Nc2cc(C)on2)s1. The molecule has 0 spiro atoms. The van der Waals surface area contributed by atoms with Crippen LogP contribution in [0, 0.1) is 6.92 Å². The zero-order valence-electron chi connectivity index (χ0n) is 12.8. The lowest BCUT2D eigenvalue weighted by Gasteiger charge is -2.07. The third-order valence-corrected chi connectivity index (χ3v) is 4.80. The number of nitrogens with zero attached hydrogens (tertiary/aromatic N) is 3. The summed E-state index contributed by atoms with van der Waals surface area (Å²) in [5.41, 5.74) is 0. The molecule has 0 saturated carbocycles. The lowest BCUT2D eigenvalue weighted by Crippen LogP contribution is -2.22. The highest BCUT2D eigenvalue weighted by atomic mass is 32.2. The van der Waals surface area contributed by atoms with E-state index in [0.717, 1.165) is 28.9 Å². The Balaban J connectivity index is 1.83. The molecule has 1 unspecified atom stereocenters. The van der Waals surface area contributed by atoms with Gasteiger partial charge in [-0.2, -0.15) is 0 Å². The van der Waals surface area contributed by atoms with Gasteiger partial charge in [-0.15, -0.1) is 10.2 Å². The first kappa shape index (κ1) is 16.8. The molecule has 0 bridgehead atoms. The molecule has 2 rings (SSSR count). The minimum Gasteiger partial charge on any atom is -0.360 e. The Morgan fingerprint density at radius 1 is 1.50 bits per heavy atom. The van der Waals surface area contributed by atoms with E-state index in [1.54, 1.807) is 13.0 Å². The number of carbonyl (C=O) groups is 1. The molecule has 2 aromatic heterocycles. The Morgan fingerprint density at radius 2 is 2.32 bits per heavy atom. The summed E-state index contributed by atoms with van der Waals surface area (Å²) in [6.45, 7) is 6.62. The van der Waals surface area contributed by atoms with Crippen molar-refractivity contribution >= 4 is 40.0 Å². The largest absolute Gasteiger partial charge is 0.360 e. The van der Waals surface area contributed by atoms with Crippen molar-refractivity contribution in [3.05, 3.63) is 11.8 Å². The predicted molar refractivity (Wildman–Crippen MR) is 88.5 cm³/mol. The van der Waals surface area contributed by atoms with Crippen LogP contribution >= 0.6 is 23.1 Å². The summed E-state index contributed by atoms with van der Waals surface area (Å²) in [6, 6.07) is 1.68. The van der Waals surface area contributed by atoms with Crippen molar-refractivity contribution in [2.24, 2.45) is 0 Å². The molecule has 0 aliphatic heterocycles. The van der Waals surface area contributed by atoms with Crippen LogP contribution in [0.3, 0.4) is 0 Å². The third kappa shape index (κ3) is 4.99. The molecule has 0 aliphatic rings. The minimum atomic E-state index is -0.298. The van der Waals surface area contributed by atoms with Crippen LogP contribution in [0.1, 0.15) is 32.4 Å². The van der Waals surface area contributed by atoms with Crippen molar-refractivity contribution in [3.8, 4) is 0 Å². The van der Waals surface area contributed by atoms with Crippen molar-refractivity contribution < 1.29 is 9.32 Å². The fourth-order valence-corrected chi connectivity index (χ4v) is 3.48. The van der Waals surface area contributed by atoms with E-state index in [4.69, 9.17) is 4.52 Å². The van der Waals surface area contributed by atoms with E-state index in [2.05, 4.69) is 32.9 Å². The quantitative estimate of drug-likeness (QED) is 0.562. The molecule has 22 heavy (non-hydrogen) atoms. The van der Waals surface area contributed by atoms with Crippen LogP contribution in [0.25, 0.3) is 0 Å². The van der Waals surface area contributed by atoms with E-state index < -0.39 is 0 Å². The monoisotopic (exact) mass is 341 g/mol. The van der Waals surface area contributed by atoms with E-state index in [0.29, 0.717) is 11.6 Å². The molecular formula is C13H19N5O2S2. The van der Waals surface area contributed by atoms with Gasteiger partial charge in [0.25, 0.3) is 0 Å². The Kier molecular flexibility index (Phi) is 6.20. The van der Waals surface area contributed by atoms with Gasteiger partial charge >= 0.3 is 0 Å². The molecule has 9 heteroatoms. The third-order valence-electron chi connectivity index (χ3n) is 2.74. The Labute approximate surface area is 137 Å². The lowest BCUT2D eigenvalue weighted by atomic mass is 10.3. The highest BCUT2D eigenvalue weighted by molar-refractivity contribution is 8.02. The van der Waals surface area contributed by atoms with Gasteiger partial charge in [0.1, 0.15) is 5.76 Å². The first-order chi connectivity index (χ1) is 10.6. The number of carbonyl (C=O) groups excluding carboxylic acids is 1. The summed E-state index contributed by atoms with van der Waals surface area (Å²) in [5.74, 6) is 0.936. The maximum absolute atomic E-state index is 12.1. The fourth-order valence-electron chi connectivity index (χ4n) is 1.56. The van der Waals surface area contributed by atoms with Gasteiger partial charge < -0.3 is 15.2 Å². The van der Waals surface area contributed by atoms with Crippen LogP contribution in [0.5, 0.6) is 0 Å². The van der Waals surface area contributed by atoms with Crippen molar-refractivity contribution in [3.63, 3.8) is 0 Å². The molecule has 0 radical (unpaired) electrons. The number of aryl methyl sites for hydroxylation is 1. The first-order valence-corrected chi connectivity index (χ1v) is 8.76. The van der Waals surface area contributed by atoms with Crippen molar-refractivity contribution in [1.82, 2.24) is 15.4 Å². The van der Waals surface area contributed by atoms with Crippen LogP contribution in [0.15, 0.2) is 14.9 Å². The van der Waals surface area contributed by atoms with Gasteiger partial charge in [-0.1, -0.05) is 41.6 Å². The second kappa shape index (κ2) is 8.14. The predicted octanol–water partition coefficient (Wildman–Crippen LogP) is 3.17. The average molecular weight is 341 g/mol. The van der Waals surface area contributed by atoms with Crippen molar-refractivity contribution in [1.29, 1.82) is 0 Å². The molecule has 0 aliphatic carbocycles. The fraction of sp³-hybridized carbons (Fsp3) is 0.538. The maximum atomic E-state index is 12.1. The van der Waals surface area contributed by atoms with Crippen LogP contribution in [0.2, 0.25) is 0 Å². The smallest absolute Gasteiger partial charge is 0.238 e.